The van der Waals surface area contributed by atoms with Crippen LogP contribution in [0, 0.1) is 6.92 Å². The molecule has 2 aromatic rings. The van der Waals surface area contributed by atoms with Crippen molar-refractivity contribution in [2.24, 2.45) is 0 Å². The molecule has 8 nitrogen and oxygen atoms in total. The number of aromatic hydroxyl groups is 2. The van der Waals surface area contributed by atoms with Crippen LogP contribution in [0.25, 0.3) is 11.0 Å². The summed E-state index contributed by atoms with van der Waals surface area (Å²) in [4.78, 5) is 25.8. The zero-order valence-electron chi connectivity index (χ0n) is 14.6. The molecule has 1 fully saturated rings. The molecule has 4 N–H and O–H groups in total. The van der Waals surface area contributed by atoms with Crippen LogP contribution >= 0.6 is 0 Å². The molecule has 140 valence electrons. The minimum atomic E-state index is -0.644. The number of carbonyl (C=O) groups is 1. The predicted octanol–water partition coefficient (Wildman–Crippen LogP) is -0.914. The second kappa shape index (κ2) is 7.76. The Hall–Kier alpha value is -2.58. The van der Waals surface area contributed by atoms with Crippen LogP contribution in [0.5, 0.6) is 11.5 Å². The number of nitrogens with one attached hydrogen (secondary N) is 2. The first kappa shape index (κ1) is 18.2. The molecule has 0 spiro atoms. The van der Waals surface area contributed by atoms with E-state index in [0.29, 0.717) is 17.5 Å². The van der Waals surface area contributed by atoms with Gasteiger partial charge in [0.2, 0.25) is 5.91 Å². The van der Waals surface area contributed by atoms with Crippen molar-refractivity contribution in [1.29, 1.82) is 0 Å². The molecule has 3 rings (SSSR count). The van der Waals surface area contributed by atoms with Crippen LogP contribution in [0.3, 0.4) is 0 Å². The van der Waals surface area contributed by atoms with Gasteiger partial charge in [0.15, 0.2) is 0 Å². The average molecular weight is 363 g/mol. The van der Waals surface area contributed by atoms with Gasteiger partial charge in [-0.2, -0.15) is 0 Å². The molecule has 0 aliphatic carbocycles. The summed E-state index contributed by atoms with van der Waals surface area (Å²) in [5.74, 6) is -0.668. The van der Waals surface area contributed by atoms with Gasteiger partial charge >= 0.3 is 5.63 Å². The molecule has 0 unspecified atom stereocenters. The lowest BCUT2D eigenvalue weighted by atomic mass is 10.0. The lowest BCUT2D eigenvalue weighted by Gasteiger charge is -2.23. The maximum Gasteiger partial charge on any atom is 0.340 e. The van der Waals surface area contributed by atoms with E-state index in [0.717, 1.165) is 32.8 Å². The van der Waals surface area contributed by atoms with E-state index in [2.05, 4.69) is 5.32 Å². The fourth-order valence-electron chi connectivity index (χ4n) is 3.23. The molecule has 1 aromatic heterocycles. The third kappa shape index (κ3) is 3.97. The Balaban J connectivity index is 1.69. The van der Waals surface area contributed by atoms with E-state index >= 15 is 0 Å². The van der Waals surface area contributed by atoms with Gasteiger partial charge in [-0.05, 0) is 12.5 Å². The number of benzene rings is 1. The van der Waals surface area contributed by atoms with Crippen LogP contribution < -0.4 is 15.8 Å². The molecule has 1 aromatic carbocycles. The predicted molar refractivity (Wildman–Crippen MR) is 93.6 cm³/mol. The highest BCUT2D eigenvalue weighted by molar-refractivity contribution is 5.89. The van der Waals surface area contributed by atoms with Crippen molar-refractivity contribution >= 4 is 16.9 Å². The number of morpholine rings is 1. The smallest absolute Gasteiger partial charge is 0.340 e. The van der Waals surface area contributed by atoms with Gasteiger partial charge in [-0.25, -0.2) is 4.79 Å². The van der Waals surface area contributed by atoms with E-state index < -0.39 is 5.63 Å². The van der Waals surface area contributed by atoms with Crippen LogP contribution in [-0.4, -0.2) is 55.5 Å². The molecular weight excluding hydrogens is 340 g/mol. The van der Waals surface area contributed by atoms with Gasteiger partial charge in [-0.15, -0.1) is 0 Å². The highest BCUT2D eigenvalue weighted by Gasteiger charge is 2.18. The number of phenolic OH excluding ortho intramolecular Hbond substituents is 2. The van der Waals surface area contributed by atoms with Gasteiger partial charge in [0.25, 0.3) is 0 Å². The number of hydrogen-bond acceptors (Lipinski definition) is 6. The van der Waals surface area contributed by atoms with Crippen molar-refractivity contribution in [3.63, 3.8) is 0 Å². The quantitative estimate of drug-likeness (QED) is 0.512. The van der Waals surface area contributed by atoms with Crippen LogP contribution in [-0.2, 0) is 16.0 Å². The molecule has 26 heavy (non-hydrogen) atoms. The summed E-state index contributed by atoms with van der Waals surface area (Å²) < 4.78 is 10.5. The highest BCUT2D eigenvalue weighted by atomic mass is 16.5. The monoisotopic (exact) mass is 363 g/mol. The van der Waals surface area contributed by atoms with Gasteiger partial charge in [0, 0.05) is 12.1 Å². The Morgan fingerprint density at radius 3 is 2.73 bits per heavy atom. The molecule has 1 aliphatic heterocycles. The van der Waals surface area contributed by atoms with E-state index in [1.165, 1.54) is 17.0 Å². The van der Waals surface area contributed by atoms with E-state index in [-0.39, 0.29) is 35.0 Å². The lowest BCUT2D eigenvalue weighted by molar-refractivity contribution is -0.906. The second-order valence-electron chi connectivity index (χ2n) is 6.47. The molecule has 0 radical (unpaired) electrons. The standard InChI is InChI=1S/C18H22N2O6/c1-11-13(10-16(23)19-2-3-20-4-6-25-7-5-20)18(24)26-15-9-12(21)8-14(22)17(11)15/h8-9,21-22H,2-7,10H2,1H3,(H,19,23)/p+1. The van der Waals surface area contributed by atoms with Crippen LogP contribution in [0.2, 0.25) is 0 Å². The summed E-state index contributed by atoms with van der Waals surface area (Å²) in [6.45, 7) is 6.30. The van der Waals surface area contributed by atoms with Crippen LogP contribution in [0.4, 0.5) is 0 Å². The number of aryl methyl sites for hydroxylation is 1. The fraction of sp³-hybridized carbons (Fsp3) is 0.444. The van der Waals surface area contributed by atoms with Gasteiger partial charge in [0.05, 0.1) is 43.7 Å². The number of hydrogen-bond donors (Lipinski definition) is 4. The zero-order chi connectivity index (χ0) is 18.7. The third-order valence-electron chi connectivity index (χ3n) is 4.68. The molecule has 0 saturated carbocycles. The molecule has 1 amide bonds. The average Bonchev–Trinajstić information content (AvgIpc) is 2.58. The Morgan fingerprint density at radius 1 is 1.27 bits per heavy atom. The second-order valence-corrected chi connectivity index (χ2v) is 6.47. The molecule has 1 aliphatic rings. The number of rotatable bonds is 5. The van der Waals surface area contributed by atoms with Crippen molar-refractivity contribution < 1.29 is 29.1 Å². The molecule has 8 heteroatoms. The fourth-order valence-corrected chi connectivity index (χ4v) is 3.23. The maximum atomic E-state index is 12.2. The summed E-state index contributed by atoms with van der Waals surface area (Å²) in [6.07, 6.45) is -0.122. The Bertz CT molecular complexity index is 870. The molecule has 0 atom stereocenters. The summed E-state index contributed by atoms with van der Waals surface area (Å²) in [7, 11) is 0. The van der Waals surface area contributed by atoms with E-state index in [1.807, 2.05) is 0 Å². The zero-order valence-corrected chi connectivity index (χ0v) is 14.6. The number of phenols is 2. The highest BCUT2D eigenvalue weighted by Crippen LogP contribution is 2.32. The minimum absolute atomic E-state index is 0.0880. The van der Waals surface area contributed by atoms with Crippen molar-refractivity contribution in [3.05, 3.63) is 33.7 Å². The first-order valence-corrected chi connectivity index (χ1v) is 8.62. The van der Waals surface area contributed by atoms with Gasteiger partial charge in [-0.1, -0.05) is 0 Å². The van der Waals surface area contributed by atoms with E-state index in [9.17, 15) is 19.8 Å². The molecular formula is C18H23N2O6+. The first-order valence-electron chi connectivity index (χ1n) is 8.62. The van der Waals surface area contributed by atoms with E-state index in [4.69, 9.17) is 9.15 Å². The Kier molecular flexibility index (Phi) is 5.43. The topological polar surface area (TPSA) is 113 Å². The third-order valence-corrected chi connectivity index (χ3v) is 4.68. The lowest BCUT2D eigenvalue weighted by Crippen LogP contribution is -3.14. The van der Waals surface area contributed by atoms with Crippen molar-refractivity contribution in [2.75, 3.05) is 39.4 Å². The van der Waals surface area contributed by atoms with Crippen LogP contribution in [0.1, 0.15) is 11.1 Å². The normalized spacial score (nSPS) is 15.3. The number of ether oxygens (including phenoxy) is 1. The van der Waals surface area contributed by atoms with Crippen LogP contribution in [0.15, 0.2) is 21.3 Å². The van der Waals surface area contributed by atoms with Gasteiger partial charge in [-0.3, -0.25) is 4.79 Å². The number of quaternary nitrogens is 1. The maximum absolute atomic E-state index is 12.2. The first-order chi connectivity index (χ1) is 12.5. The summed E-state index contributed by atoms with van der Waals surface area (Å²) in [6, 6.07) is 2.43. The van der Waals surface area contributed by atoms with Gasteiger partial charge in [0.1, 0.15) is 30.2 Å². The summed E-state index contributed by atoms with van der Waals surface area (Å²) in [5, 5.41) is 22.7. The van der Waals surface area contributed by atoms with Crippen molar-refractivity contribution in [1.82, 2.24) is 5.32 Å². The summed E-state index contributed by atoms with van der Waals surface area (Å²) in [5.41, 5.74) is 0.122. The summed E-state index contributed by atoms with van der Waals surface area (Å²) >= 11 is 0. The molecule has 0 bridgehead atoms. The number of fused-ring (bicyclic) bond motifs is 1. The van der Waals surface area contributed by atoms with Crippen molar-refractivity contribution in [2.45, 2.75) is 13.3 Å². The number of carbonyl (C=O) groups excluding carboxylic acids is 1. The van der Waals surface area contributed by atoms with Gasteiger partial charge < -0.3 is 29.6 Å². The Labute approximate surface area is 150 Å². The number of amides is 1. The van der Waals surface area contributed by atoms with E-state index in [1.54, 1.807) is 6.92 Å². The SMILES string of the molecule is Cc1c(CC(=O)NCC[NH+]2CCOCC2)c(=O)oc2cc(O)cc(O)c12. The largest absolute Gasteiger partial charge is 0.508 e. The minimum Gasteiger partial charge on any atom is -0.508 e. The Morgan fingerprint density at radius 2 is 2.00 bits per heavy atom. The molecule has 1 saturated heterocycles. The van der Waals surface area contributed by atoms with Crippen molar-refractivity contribution in [3.8, 4) is 11.5 Å². The molecule has 2 heterocycles.